The monoisotopic (exact) mass is 334 g/mol. The van der Waals surface area contributed by atoms with Crippen LogP contribution in [0.2, 0.25) is 0 Å². The fraction of sp³-hybridized carbons (Fsp3) is 0.188. The predicted octanol–water partition coefficient (Wildman–Crippen LogP) is 2.30. The fourth-order valence-electron chi connectivity index (χ4n) is 2.32. The zero-order chi connectivity index (χ0) is 17.3. The zero-order valence-electron chi connectivity index (χ0n) is 12.6. The van der Waals surface area contributed by atoms with E-state index in [1.807, 2.05) is 0 Å². The molecule has 2 aromatic heterocycles. The highest BCUT2D eigenvalue weighted by atomic mass is 19.1. The third kappa shape index (κ3) is 3.17. The maximum Gasteiger partial charge on any atom is 0.337 e. The number of halogens is 2. The van der Waals surface area contributed by atoms with Crippen LogP contribution in [-0.2, 0) is 13.0 Å². The van der Waals surface area contributed by atoms with Gasteiger partial charge < -0.3 is 9.15 Å². The van der Waals surface area contributed by atoms with E-state index in [4.69, 9.17) is 9.15 Å². The molecule has 0 spiro atoms. The molecule has 1 aromatic carbocycles. The average Bonchev–Trinajstić information content (AvgIpc) is 2.50. The third-order valence-electron chi connectivity index (χ3n) is 3.35. The molecule has 1 N–H and O–H groups in total. The molecule has 0 radical (unpaired) electrons. The molecular formula is C16H12F2N2O4. The van der Waals surface area contributed by atoms with Crippen molar-refractivity contribution in [1.29, 1.82) is 0 Å². The molecule has 2 heterocycles. The van der Waals surface area contributed by atoms with Crippen molar-refractivity contribution in [2.75, 3.05) is 0 Å². The van der Waals surface area contributed by atoms with Crippen molar-refractivity contribution < 1.29 is 17.9 Å². The second kappa shape index (κ2) is 6.23. The normalized spacial score (nSPS) is 11.0. The molecule has 8 heteroatoms. The molecule has 3 aromatic rings. The number of aryl methyl sites for hydroxylation is 1. The summed E-state index contributed by atoms with van der Waals surface area (Å²) in [6, 6.07) is 3.94. The largest absolute Gasteiger partial charge is 0.460 e. The summed E-state index contributed by atoms with van der Waals surface area (Å²) in [5, 5.41) is 0.168. The molecule has 3 rings (SSSR count). The van der Waals surface area contributed by atoms with Gasteiger partial charge in [0.25, 0.3) is 11.6 Å². The summed E-state index contributed by atoms with van der Waals surface area (Å²) >= 11 is 0. The van der Waals surface area contributed by atoms with E-state index in [9.17, 15) is 18.4 Å². The minimum Gasteiger partial charge on any atom is -0.460 e. The second-order valence-corrected chi connectivity index (χ2v) is 5.06. The van der Waals surface area contributed by atoms with Crippen LogP contribution in [0.1, 0.15) is 18.1 Å². The smallest absolute Gasteiger partial charge is 0.337 e. The van der Waals surface area contributed by atoms with Crippen LogP contribution in [0.15, 0.2) is 38.3 Å². The second-order valence-electron chi connectivity index (χ2n) is 5.06. The SMILES string of the molecule is CCc1cc(=O)oc2nc(OCc3cc(F)cc(F)c3)[nH]c(=O)c12. The van der Waals surface area contributed by atoms with E-state index in [2.05, 4.69) is 9.97 Å². The van der Waals surface area contributed by atoms with Gasteiger partial charge in [-0.3, -0.25) is 9.78 Å². The molecule has 0 aliphatic carbocycles. The molecule has 124 valence electrons. The Labute approximate surface area is 133 Å². The number of benzene rings is 1. The lowest BCUT2D eigenvalue weighted by atomic mass is 10.1. The van der Waals surface area contributed by atoms with Crippen LogP contribution in [0.25, 0.3) is 11.1 Å². The summed E-state index contributed by atoms with van der Waals surface area (Å²) in [6.07, 6.45) is 0.454. The van der Waals surface area contributed by atoms with E-state index < -0.39 is 22.8 Å². The van der Waals surface area contributed by atoms with Crippen molar-refractivity contribution in [1.82, 2.24) is 9.97 Å². The van der Waals surface area contributed by atoms with Gasteiger partial charge in [0.05, 0.1) is 0 Å². The molecular weight excluding hydrogens is 322 g/mol. The highest BCUT2D eigenvalue weighted by Gasteiger charge is 2.12. The minimum absolute atomic E-state index is 0.150. The van der Waals surface area contributed by atoms with Crippen LogP contribution >= 0.6 is 0 Å². The number of ether oxygens (including phenoxy) is 1. The van der Waals surface area contributed by atoms with Crippen LogP contribution in [-0.4, -0.2) is 9.97 Å². The molecule has 0 aliphatic rings. The van der Waals surface area contributed by atoms with Gasteiger partial charge in [-0.1, -0.05) is 6.92 Å². The first-order chi connectivity index (χ1) is 11.5. The summed E-state index contributed by atoms with van der Waals surface area (Å²) in [7, 11) is 0. The van der Waals surface area contributed by atoms with E-state index in [-0.39, 0.29) is 29.3 Å². The number of H-pyrrole nitrogens is 1. The maximum atomic E-state index is 13.1. The lowest BCUT2D eigenvalue weighted by Gasteiger charge is -2.07. The summed E-state index contributed by atoms with van der Waals surface area (Å²) in [6.45, 7) is 1.57. The Morgan fingerprint density at radius 3 is 2.54 bits per heavy atom. The van der Waals surface area contributed by atoms with Crippen LogP contribution in [0.5, 0.6) is 6.01 Å². The molecule has 24 heavy (non-hydrogen) atoms. The number of rotatable bonds is 4. The first-order valence-electron chi connectivity index (χ1n) is 7.11. The Hall–Kier alpha value is -3.03. The number of hydrogen-bond donors (Lipinski definition) is 1. The van der Waals surface area contributed by atoms with Gasteiger partial charge in [-0.15, -0.1) is 0 Å². The number of fused-ring (bicyclic) bond motifs is 1. The maximum absolute atomic E-state index is 13.1. The van der Waals surface area contributed by atoms with Crippen molar-refractivity contribution in [3.05, 3.63) is 67.8 Å². The molecule has 0 saturated carbocycles. The Balaban J connectivity index is 1.96. The van der Waals surface area contributed by atoms with Crippen molar-refractivity contribution in [2.24, 2.45) is 0 Å². The highest BCUT2D eigenvalue weighted by molar-refractivity contribution is 5.75. The van der Waals surface area contributed by atoms with Gasteiger partial charge >= 0.3 is 5.63 Å². The number of hydrogen-bond acceptors (Lipinski definition) is 5. The van der Waals surface area contributed by atoms with Gasteiger partial charge in [0.2, 0.25) is 5.71 Å². The molecule has 0 atom stereocenters. The first-order valence-corrected chi connectivity index (χ1v) is 7.11. The van der Waals surface area contributed by atoms with Gasteiger partial charge in [-0.05, 0) is 29.7 Å². The van der Waals surface area contributed by atoms with Gasteiger partial charge in [-0.2, -0.15) is 4.98 Å². The summed E-state index contributed by atoms with van der Waals surface area (Å²) in [5.41, 5.74) is -0.576. The van der Waals surface area contributed by atoms with Crippen LogP contribution < -0.4 is 15.9 Å². The lowest BCUT2D eigenvalue weighted by molar-refractivity contribution is 0.278. The van der Waals surface area contributed by atoms with E-state index in [1.54, 1.807) is 6.92 Å². The Morgan fingerprint density at radius 1 is 1.17 bits per heavy atom. The lowest BCUT2D eigenvalue weighted by Crippen LogP contribution is -2.15. The average molecular weight is 334 g/mol. The molecule has 0 saturated heterocycles. The zero-order valence-corrected chi connectivity index (χ0v) is 12.6. The molecule has 0 bridgehead atoms. The van der Waals surface area contributed by atoms with Gasteiger partial charge in [0.1, 0.15) is 23.6 Å². The number of aromatic nitrogens is 2. The fourth-order valence-corrected chi connectivity index (χ4v) is 2.32. The standard InChI is InChI=1S/C16H12F2N2O4/c1-2-9-5-12(21)24-15-13(9)14(22)19-16(20-15)23-7-8-3-10(17)6-11(18)4-8/h3-6H,2,7H2,1H3,(H,19,20,22). The Morgan fingerprint density at radius 2 is 1.88 bits per heavy atom. The number of nitrogens with zero attached hydrogens (tertiary/aromatic N) is 1. The molecule has 0 amide bonds. The molecule has 0 unspecified atom stereocenters. The number of nitrogens with one attached hydrogen (secondary N) is 1. The van der Waals surface area contributed by atoms with Crippen LogP contribution in [0.4, 0.5) is 8.78 Å². The van der Waals surface area contributed by atoms with Gasteiger partial charge in [-0.25, -0.2) is 13.6 Å². The quantitative estimate of drug-likeness (QED) is 0.791. The molecule has 0 aliphatic heterocycles. The van der Waals surface area contributed by atoms with Gasteiger partial charge in [0.15, 0.2) is 0 Å². The van der Waals surface area contributed by atoms with E-state index in [0.29, 0.717) is 12.0 Å². The van der Waals surface area contributed by atoms with Crippen molar-refractivity contribution in [2.45, 2.75) is 20.0 Å². The van der Waals surface area contributed by atoms with E-state index in [1.165, 1.54) is 6.07 Å². The molecule has 6 nitrogen and oxygen atoms in total. The Bertz CT molecular complexity index is 1010. The van der Waals surface area contributed by atoms with Crippen molar-refractivity contribution in [3.8, 4) is 6.01 Å². The minimum atomic E-state index is -0.743. The topological polar surface area (TPSA) is 85.2 Å². The van der Waals surface area contributed by atoms with Crippen LogP contribution in [0.3, 0.4) is 0 Å². The summed E-state index contributed by atoms with van der Waals surface area (Å²) in [5.74, 6) is -1.49. The summed E-state index contributed by atoms with van der Waals surface area (Å²) in [4.78, 5) is 30.0. The third-order valence-corrected chi connectivity index (χ3v) is 3.35. The number of aromatic amines is 1. The van der Waals surface area contributed by atoms with Gasteiger partial charge in [0, 0.05) is 12.1 Å². The van der Waals surface area contributed by atoms with E-state index >= 15 is 0 Å². The predicted molar refractivity (Wildman–Crippen MR) is 81.0 cm³/mol. The van der Waals surface area contributed by atoms with E-state index in [0.717, 1.165) is 18.2 Å². The summed E-state index contributed by atoms with van der Waals surface area (Å²) < 4.78 is 36.4. The molecule has 0 fully saturated rings. The highest BCUT2D eigenvalue weighted by Crippen LogP contribution is 2.15. The first kappa shape index (κ1) is 15.9. The van der Waals surface area contributed by atoms with Crippen LogP contribution in [0, 0.1) is 11.6 Å². The van der Waals surface area contributed by atoms with Crippen molar-refractivity contribution >= 4 is 11.1 Å². The van der Waals surface area contributed by atoms with Crippen molar-refractivity contribution in [3.63, 3.8) is 0 Å². The Kier molecular flexibility index (Phi) is 4.11.